The average Bonchev–Trinajstić information content (AvgIpc) is 2.84. The van der Waals surface area contributed by atoms with Gasteiger partial charge in [-0.25, -0.2) is 19.6 Å². The van der Waals surface area contributed by atoms with Crippen LogP contribution in [0.4, 0.5) is 4.79 Å². The number of esters is 1. The summed E-state index contributed by atoms with van der Waals surface area (Å²) in [7, 11) is 1.58. The number of benzene rings is 1. The van der Waals surface area contributed by atoms with Crippen LogP contribution >= 0.6 is 0 Å². The molecule has 3 rings (SSSR count). The van der Waals surface area contributed by atoms with E-state index in [1.807, 2.05) is 12.2 Å². The number of nitrogens with zero attached hydrogens (tertiary/aromatic N) is 2. The molecule has 1 heterocycles. The molecule has 188 valence electrons. The molecular weight excluding hydrogens is 460 g/mol. The summed E-state index contributed by atoms with van der Waals surface area (Å²) in [4.78, 5) is 28.6. The molecule has 1 aromatic heterocycles. The molecular formula is C24H28N2O9. The average molecular weight is 488 g/mol. The van der Waals surface area contributed by atoms with E-state index >= 15 is 0 Å². The van der Waals surface area contributed by atoms with Gasteiger partial charge >= 0.3 is 12.1 Å². The number of rotatable bonds is 8. The van der Waals surface area contributed by atoms with Gasteiger partial charge in [-0.2, -0.15) is 0 Å². The molecule has 11 nitrogen and oxygen atoms in total. The summed E-state index contributed by atoms with van der Waals surface area (Å²) in [5, 5.41) is 34.3. The van der Waals surface area contributed by atoms with Crippen LogP contribution in [0, 0.1) is 0 Å². The summed E-state index contributed by atoms with van der Waals surface area (Å²) < 4.78 is 16.2. The van der Waals surface area contributed by atoms with Crippen molar-refractivity contribution < 1.29 is 44.2 Å². The number of hydrogen-bond acceptors (Lipinski definition) is 9. The lowest BCUT2D eigenvalue weighted by atomic mass is 9.89. The number of aliphatic hydroxyl groups is 2. The molecule has 1 aliphatic carbocycles. The summed E-state index contributed by atoms with van der Waals surface area (Å²) in [6, 6.07) is 7.18. The first-order valence-corrected chi connectivity index (χ1v) is 10.6. The van der Waals surface area contributed by atoms with Gasteiger partial charge in [0.2, 0.25) is 0 Å². The zero-order valence-corrected chi connectivity index (χ0v) is 19.0. The van der Waals surface area contributed by atoms with Crippen molar-refractivity contribution in [2.45, 2.75) is 37.3 Å². The molecule has 1 aliphatic rings. The molecule has 35 heavy (non-hydrogen) atoms. The SMILES string of the molecule is COc1ccc(/C=C/C(=O)O[C@@H]2C[C@@H](OC/C=C\c3cncnc3)C[C@H](O)[C@H]2O)cc1.O=C(O)O. The molecule has 0 radical (unpaired) electrons. The summed E-state index contributed by atoms with van der Waals surface area (Å²) in [6.45, 7) is 0.306. The maximum absolute atomic E-state index is 12.2. The topological polar surface area (TPSA) is 169 Å². The molecule has 4 N–H and O–H groups in total. The molecule has 1 saturated carbocycles. The molecule has 0 spiro atoms. The number of carboxylic acid groups (broad SMARTS) is 2. The van der Waals surface area contributed by atoms with Crippen LogP contribution in [-0.4, -0.2) is 80.7 Å². The van der Waals surface area contributed by atoms with Gasteiger partial charge in [0.25, 0.3) is 0 Å². The number of aliphatic hydroxyl groups excluding tert-OH is 2. The molecule has 0 saturated heterocycles. The normalized spacial score (nSPS) is 21.8. The smallest absolute Gasteiger partial charge is 0.497 e. The Balaban J connectivity index is 0.00000100. The van der Waals surface area contributed by atoms with Crippen molar-refractivity contribution in [3.8, 4) is 5.75 Å². The van der Waals surface area contributed by atoms with Crippen LogP contribution in [0.25, 0.3) is 12.2 Å². The third kappa shape index (κ3) is 10.3. The Labute approximate surface area is 201 Å². The minimum atomic E-state index is -1.83. The second-order valence-electron chi connectivity index (χ2n) is 7.42. The lowest BCUT2D eigenvalue weighted by Gasteiger charge is -2.35. The maximum Gasteiger partial charge on any atom is 0.503 e. The summed E-state index contributed by atoms with van der Waals surface area (Å²) >= 11 is 0. The highest BCUT2D eigenvalue weighted by molar-refractivity contribution is 5.87. The molecule has 1 aromatic carbocycles. The lowest BCUT2D eigenvalue weighted by molar-refractivity contribution is -0.169. The molecule has 11 heteroatoms. The Morgan fingerprint density at radius 1 is 1.03 bits per heavy atom. The standard InChI is InChI=1S/C23H26N2O6.CH2O3/c1-29-18-7-4-16(5-8-18)6-9-22(27)31-21-12-19(11-20(26)23(21)28)30-10-2-3-17-13-24-15-25-14-17;2-1(3)4/h2-9,13-15,19-21,23,26,28H,10-12H2,1H3;(H2,2,3,4)/b3-2-,9-6+;/t19-,20-,21+,23+;/m0./s1. The van der Waals surface area contributed by atoms with Crippen LogP contribution in [0.15, 0.2) is 55.1 Å². The van der Waals surface area contributed by atoms with E-state index < -0.39 is 30.4 Å². The predicted molar refractivity (Wildman–Crippen MR) is 125 cm³/mol. The fourth-order valence-electron chi connectivity index (χ4n) is 3.25. The number of aromatic nitrogens is 2. The van der Waals surface area contributed by atoms with Gasteiger partial charge in [-0.3, -0.25) is 0 Å². The molecule has 1 fully saturated rings. The molecule has 0 bridgehead atoms. The number of carbonyl (C=O) groups excluding carboxylic acids is 1. The highest BCUT2D eigenvalue weighted by Gasteiger charge is 2.38. The number of methoxy groups -OCH3 is 1. The third-order valence-corrected chi connectivity index (χ3v) is 4.89. The van der Waals surface area contributed by atoms with Crippen molar-refractivity contribution in [3.63, 3.8) is 0 Å². The number of carbonyl (C=O) groups is 2. The number of hydrogen-bond donors (Lipinski definition) is 4. The van der Waals surface area contributed by atoms with Gasteiger partial charge in [-0.05, 0) is 23.8 Å². The van der Waals surface area contributed by atoms with Crippen molar-refractivity contribution in [2.75, 3.05) is 13.7 Å². The van der Waals surface area contributed by atoms with Crippen molar-refractivity contribution in [1.29, 1.82) is 0 Å². The fraction of sp³-hybridized carbons (Fsp3) is 0.333. The van der Waals surface area contributed by atoms with Gasteiger partial charge in [0.15, 0.2) is 0 Å². The van der Waals surface area contributed by atoms with Gasteiger partial charge in [-0.1, -0.05) is 24.3 Å². The fourth-order valence-corrected chi connectivity index (χ4v) is 3.25. The van der Waals surface area contributed by atoms with Gasteiger partial charge in [0, 0.05) is 36.9 Å². The van der Waals surface area contributed by atoms with E-state index in [4.69, 9.17) is 29.2 Å². The lowest BCUT2D eigenvalue weighted by Crippen LogP contribution is -2.48. The Bertz CT molecular complexity index is 976. The zero-order valence-electron chi connectivity index (χ0n) is 19.0. The van der Waals surface area contributed by atoms with Crippen LogP contribution in [0.5, 0.6) is 5.75 Å². The molecule has 0 amide bonds. The number of ether oxygens (including phenoxy) is 3. The van der Waals surface area contributed by atoms with Crippen molar-refractivity contribution >= 4 is 24.3 Å². The maximum atomic E-state index is 12.2. The summed E-state index contributed by atoms with van der Waals surface area (Å²) in [5.74, 6) is 0.119. The summed E-state index contributed by atoms with van der Waals surface area (Å²) in [6.07, 6.45) is 6.69. The predicted octanol–water partition coefficient (Wildman–Crippen LogP) is 2.25. The first-order valence-electron chi connectivity index (χ1n) is 10.6. The van der Waals surface area contributed by atoms with Crippen LogP contribution in [0.3, 0.4) is 0 Å². The molecule has 2 aromatic rings. The minimum Gasteiger partial charge on any atom is -0.497 e. The Morgan fingerprint density at radius 3 is 2.31 bits per heavy atom. The van der Waals surface area contributed by atoms with E-state index in [0.29, 0.717) is 13.0 Å². The molecule has 4 atom stereocenters. The van der Waals surface area contributed by atoms with E-state index in [9.17, 15) is 15.0 Å². The van der Waals surface area contributed by atoms with Crippen molar-refractivity contribution in [3.05, 3.63) is 66.3 Å². The summed E-state index contributed by atoms with van der Waals surface area (Å²) in [5.41, 5.74) is 1.65. The van der Waals surface area contributed by atoms with Crippen LogP contribution in [0.2, 0.25) is 0 Å². The van der Waals surface area contributed by atoms with Crippen LogP contribution in [-0.2, 0) is 14.3 Å². The monoisotopic (exact) mass is 488 g/mol. The van der Waals surface area contributed by atoms with Gasteiger partial charge in [0.1, 0.15) is 24.3 Å². The third-order valence-electron chi connectivity index (χ3n) is 4.89. The Hall–Kier alpha value is -3.80. The first kappa shape index (κ1) is 27.4. The van der Waals surface area contributed by atoms with E-state index in [1.54, 1.807) is 49.8 Å². The van der Waals surface area contributed by atoms with E-state index in [2.05, 4.69) is 9.97 Å². The van der Waals surface area contributed by atoms with E-state index in [1.165, 1.54) is 12.4 Å². The van der Waals surface area contributed by atoms with Crippen molar-refractivity contribution in [1.82, 2.24) is 9.97 Å². The highest BCUT2D eigenvalue weighted by atomic mass is 16.6. The first-order chi connectivity index (χ1) is 16.8. The molecule has 0 aliphatic heterocycles. The second kappa shape index (κ2) is 14.5. The van der Waals surface area contributed by atoms with E-state index in [0.717, 1.165) is 16.9 Å². The second-order valence-corrected chi connectivity index (χ2v) is 7.42. The minimum absolute atomic E-state index is 0.263. The van der Waals surface area contributed by atoms with Gasteiger partial charge in [-0.15, -0.1) is 0 Å². The van der Waals surface area contributed by atoms with Gasteiger partial charge in [0.05, 0.1) is 25.9 Å². The van der Waals surface area contributed by atoms with Crippen LogP contribution < -0.4 is 4.74 Å². The zero-order chi connectivity index (χ0) is 25.6. The molecule has 0 unspecified atom stereocenters. The Kier molecular flexibility index (Phi) is 11.3. The van der Waals surface area contributed by atoms with Gasteiger partial charge < -0.3 is 34.6 Å². The Morgan fingerprint density at radius 2 is 1.69 bits per heavy atom. The van der Waals surface area contributed by atoms with Crippen molar-refractivity contribution in [2.24, 2.45) is 0 Å². The largest absolute Gasteiger partial charge is 0.503 e. The van der Waals surface area contributed by atoms with Crippen LogP contribution in [0.1, 0.15) is 24.0 Å². The quantitative estimate of drug-likeness (QED) is 0.317. The van der Waals surface area contributed by atoms with E-state index in [-0.39, 0.29) is 12.5 Å². The highest BCUT2D eigenvalue weighted by Crippen LogP contribution is 2.25.